The Balaban J connectivity index is 2.68. The topological polar surface area (TPSA) is 52.6 Å². The standard InChI is InChI=1S/C16H26O4/c1-3-5-11-19-15(17)14(13-9-7-8-10-13)16(18)20-12-6-4-2/h3-12H2,1-2H3. The van der Waals surface area contributed by atoms with Crippen LogP contribution in [-0.2, 0) is 19.1 Å². The van der Waals surface area contributed by atoms with E-state index in [1.807, 2.05) is 13.8 Å². The molecule has 20 heavy (non-hydrogen) atoms. The zero-order chi connectivity index (χ0) is 14.8. The van der Waals surface area contributed by atoms with Crippen molar-refractivity contribution in [3.63, 3.8) is 0 Å². The lowest BCUT2D eigenvalue weighted by molar-refractivity contribution is -0.147. The Hall–Kier alpha value is -1.32. The normalized spacial score (nSPS) is 14.2. The highest BCUT2D eigenvalue weighted by molar-refractivity contribution is 6.14. The number of carbonyl (C=O) groups excluding carboxylic acids is 2. The molecule has 0 amide bonds. The smallest absolute Gasteiger partial charge is 0.345 e. The summed E-state index contributed by atoms with van der Waals surface area (Å²) in [6, 6.07) is 0. The van der Waals surface area contributed by atoms with Crippen molar-refractivity contribution in [1.82, 2.24) is 0 Å². The molecule has 0 aromatic carbocycles. The van der Waals surface area contributed by atoms with Crippen LogP contribution in [0.3, 0.4) is 0 Å². The summed E-state index contributed by atoms with van der Waals surface area (Å²) < 4.78 is 10.4. The summed E-state index contributed by atoms with van der Waals surface area (Å²) in [5.41, 5.74) is 1.07. The van der Waals surface area contributed by atoms with Gasteiger partial charge in [-0.1, -0.05) is 26.7 Å². The fourth-order valence-corrected chi connectivity index (χ4v) is 2.19. The molecule has 0 spiro atoms. The molecule has 0 unspecified atom stereocenters. The minimum Gasteiger partial charge on any atom is -0.462 e. The van der Waals surface area contributed by atoms with Gasteiger partial charge in [0.15, 0.2) is 0 Å². The molecule has 1 rings (SSSR count). The number of allylic oxidation sites excluding steroid dienone is 1. The van der Waals surface area contributed by atoms with E-state index in [0.29, 0.717) is 13.2 Å². The number of hydrogen-bond acceptors (Lipinski definition) is 4. The lowest BCUT2D eigenvalue weighted by Gasteiger charge is -2.11. The minimum absolute atomic E-state index is 0.162. The molecule has 0 saturated heterocycles. The van der Waals surface area contributed by atoms with Gasteiger partial charge in [0, 0.05) is 0 Å². The van der Waals surface area contributed by atoms with E-state index < -0.39 is 11.9 Å². The largest absolute Gasteiger partial charge is 0.462 e. The van der Waals surface area contributed by atoms with Crippen LogP contribution in [0.5, 0.6) is 0 Å². The van der Waals surface area contributed by atoms with E-state index >= 15 is 0 Å². The Morgan fingerprint density at radius 1 is 0.900 bits per heavy atom. The van der Waals surface area contributed by atoms with Crippen LogP contribution in [0.4, 0.5) is 0 Å². The molecule has 0 heterocycles. The van der Waals surface area contributed by atoms with Gasteiger partial charge in [-0.2, -0.15) is 0 Å². The Morgan fingerprint density at radius 3 is 1.75 bits per heavy atom. The van der Waals surface area contributed by atoms with Crippen LogP contribution in [0.2, 0.25) is 0 Å². The third-order valence-corrected chi connectivity index (χ3v) is 3.43. The second-order valence-electron chi connectivity index (χ2n) is 5.16. The van der Waals surface area contributed by atoms with Gasteiger partial charge in [0.2, 0.25) is 0 Å². The number of esters is 2. The maximum Gasteiger partial charge on any atom is 0.345 e. The first-order valence-corrected chi connectivity index (χ1v) is 7.77. The van der Waals surface area contributed by atoms with Gasteiger partial charge < -0.3 is 9.47 Å². The highest BCUT2D eigenvalue weighted by Crippen LogP contribution is 2.28. The van der Waals surface area contributed by atoms with Crippen molar-refractivity contribution in [3.05, 3.63) is 11.1 Å². The summed E-state index contributed by atoms with van der Waals surface area (Å²) in [4.78, 5) is 24.2. The molecule has 0 aliphatic heterocycles. The summed E-state index contributed by atoms with van der Waals surface area (Å²) in [5.74, 6) is -1.01. The van der Waals surface area contributed by atoms with Gasteiger partial charge in [-0.15, -0.1) is 0 Å². The second-order valence-corrected chi connectivity index (χ2v) is 5.16. The summed E-state index contributed by atoms with van der Waals surface area (Å²) in [6.07, 6.45) is 7.23. The quantitative estimate of drug-likeness (QED) is 0.225. The van der Waals surface area contributed by atoms with Crippen LogP contribution >= 0.6 is 0 Å². The van der Waals surface area contributed by atoms with Crippen LogP contribution < -0.4 is 0 Å². The lowest BCUT2D eigenvalue weighted by Crippen LogP contribution is -2.21. The molecule has 1 fully saturated rings. The van der Waals surface area contributed by atoms with E-state index in [2.05, 4.69) is 0 Å². The van der Waals surface area contributed by atoms with Crippen molar-refractivity contribution in [2.24, 2.45) is 0 Å². The van der Waals surface area contributed by atoms with Crippen molar-refractivity contribution in [1.29, 1.82) is 0 Å². The predicted octanol–water partition coefficient (Wildman–Crippen LogP) is 3.54. The molecule has 0 aromatic heterocycles. The molecule has 1 aliphatic carbocycles. The van der Waals surface area contributed by atoms with Crippen molar-refractivity contribution >= 4 is 11.9 Å². The third kappa shape index (κ3) is 5.35. The van der Waals surface area contributed by atoms with E-state index in [1.54, 1.807) is 0 Å². The Labute approximate surface area is 121 Å². The number of carbonyl (C=O) groups is 2. The monoisotopic (exact) mass is 282 g/mol. The molecule has 0 aromatic rings. The van der Waals surface area contributed by atoms with Crippen LogP contribution in [0.25, 0.3) is 0 Å². The van der Waals surface area contributed by atoms with Crippen molar-refractivity contribution in [2.75, 3.05) is 13.2 Å². The lowest BCUT2D eigenvalue weighted by atomic mass is 10.1. The van der Waals surface area contributed by atoms with Crippen LogP contribution in [-0.4, -0.2) is 25.2 Å². The van der Waals surface area contributed by atoms with Crippen LogP contribution in [0.1, 0.15) is 65.2 Å². The van der Waals surface area contributed by atoms with Gasteiger partial charge in [-0.25, -0.2) is 9.59 Å². The van der Waals surface area contributed by atoms with E-state index in [-0.39, 0.29) is 5.57 Å². The van der Waals surface area contributed by atoms with E-state index in [9.17, 15) is 9.59 Å². The fraction of sp³-hybridized carbons (Fsp3) is 0.750. The molecule has 1 aliphatic rings. The van der Waals surface area contributed by atoms with E-state index in [1.165, 1.54) is 0 Å². The molecule has 1 saturated carbocycles. The second kappa shape index (κ2) is 9.56. The van der Waals surface area contributed by atoms with Gasteiger partial charge in [0.25, 0.3) is 0 Å². The molecule has 0 N–H and O–H groups in total. The summed E-state index contributed by atoms with van der Waals surface area (Å²) in [5, 5.41) is 0. The molecule has 4 nitrogen and oxygen atoms in total. The average Bonchev–Trinajstić information content (AvgIpc) is 2.93. The third-order valence-electron chi connectivity index (χ3n) is 3.43. The minimum atomic E-state index is -0.503. The first-order chi connectivity index (χ1) is 9.70. The molecule has 0 atom stereocenters. The molecular weight excluding hydrogens is 256 g/mol. The summed E-state index contributed by atoms with van der Waals surface area (Å²) >= 11 is 0. The Morgan fingerprint density at radius 2 is 1.35 bits per heavy atom. The number of hydrogen-bond donors (Lipinski definition) is 0. The molecular formula is C16H26O4. The first kappa shape index (κ1) is 16.7. The van der Waals surface area contributed by atoms with Crippen molar-refractivity contribution in [3.8, 4) is 0 Å². The van der Waals surface area contributed by atoms with Crippen LogP contribution in [0, 0.1) is 0 Å². The summed E-state index contributed by atoms with van der Waals surface area (Å²) in [6.45, 7) is 4.80. The molecule has 0 radical (unpaired) electrons. The fourth-order valence-electron chi connectivity index (χ4n) is 2.19. The first-order valence-electron chi connectivity index (χ1n) is 7.77. The molecule has 114 valence electrons. The Bertz CT molecular complexity index is 325. The van der Waals surface area contributed by atoms with Gasteiger partial charge in [0.05, 0.1) is 13.2 Å². The SMILES string of the molecule is CCCCOC(=O)C(C(=O)OCCCC)=C1CCCC1. The number of unbranched alkanes of at least 4 members (excludes halogenated alkanes) is 2. The zero-order valence-electron chi connectivity index (χ0n) is 12.7. The number of rotatable bonds is 8. The van der Waals surface area contributed by atoms with Gasteiger partial charge in [-0.3, -0.25) is 0 Å². The highest BCUT2D eigenvalue weighted by atomic mass is 16.6. The van der Waals surface area contributed by atoms with Crippen molar-refractivity contribution < 1.29 is 19.1 Å². The predicted molar refractivity (Wildman–Crippen MR) is 77.2 cm³/mol. The maximum absolute atomic E-state index is 12.1. The highest BCUT2D eigenvalue weighted by Gasteiger charge is 2.27. The maximum atomic E-state index is 12.1. The zero-order valence-corrected chi connectivity index (χ0v) is 12.7. The van der Waals surface area contributed by atoms with Gasteiger partial charge in [-0.05, 0) is 44.1 Å². The van der Waals surface area contributed by atoms with Gasteiger partial charge in [0.1, 0.15) is 5.57 Å². The Kier molecular flexibility index (Phi) is 8.00. The summed E-state index contributed by atoms with van der Waals surface area (Å²) in [7, 11) is 0. The van der Waals surface area contributed by atoms with Gasteiger partial charge >= 0.3 is 11.9 Å². The van der Waals surface area contributed by atoms with E-state index in [0.717, 1.165) is 56.9 Å². The molecule has 0 bridgehead atoms. The van der Waals surface area contributed by atoms with E-state index in [4.69, 9.17) is 9.47 Å². The molecule has 4 heteroatoms. The average molecular weight is 282 g/mol. The van der Waals surface area contributed by atoms with Crippen LogP contribution in [0.15, 0.2) is 11.1 Å². The number of ether oxygens (including phenoxy) is 2. The van der Waals surface area contributed by atoms with Crippen molar-refractivity contribution in [2.45, 2.75) is 65.2 Å².